The lowest BCUT2D eigenvalue weighted by Crippen LogP contribution is -2.45. The Morgan fingerprint density at radius 3 is 2.56 bits per heavy atom. The Hall–Kier alpha value is -3.71. The Labute approximate surface area is 202 Å². The van der Waals surface area contributed by atoms with Gasteiger partial charge in [0.15, 0.2) is 5.17 Å². The fraction of sp³-hybridized carbons (Fsp3) is 0.185. The van der Waals surface area contributed by atoms with E-state index in [4.69, 9.17) is 4.99 Å². The van der Waals surface area contributed by atoms with E-state index in [2.05, 4.69) is 10.3 Å². The van der Waals surface area contributed by atoms with Crippen LogP contribution in [0.15, 0.2) is 82.8 Å². The number of aliphatic imine (C=N–C) groups is 2. The molecule has 7 heteroatoms. The van der Waals surface area contributed by atoms with Crippen molar-refractivity contribution in [1.82, 2.24) is 4.90 Å². The smallest absolute Gasteiger partial charge is 0.271 e. The molecule has 1 atom stereocenters. The van der Waals surface area contributed by atoms with E-state index in [-0.39, 0.29) is 17.6 Å². The molecule has 34 heavy (non-hydrogen) atoms. The molecule has 0 fully saturated rings. The predicted molar refractivity (Wildman–Crippen MR) is 138 cm³/mol. The second-order valence-corrected chi connectivity index (χ2v) is 9.36. The van der Waals surface area contributed by atoms with Crippen molar-refractivity contribution in [2.45, 2.75) is 26.3 Å². The second-order valence-electron chi connectivity index (χ2n) is 8.42. The Kier molecular flexibility index (Phi) is 6.02. The van der Waals surface area contributed by atoms with Crippen LogP contribution in [0.2, 0.25) is 0 Å². The SMILES string of the molecule is Cc1ccc(NC(=O)CSC2=Nc3ccccc3C3=NC(=O)C(Cc4ccccc4)N23)c(C)c1. The molecule has 0 bridgehead atoms. The van der Waals surface area contributed by atoms with Crippen molar-refractivity contribution in [3.63, 3.8) is 0 Å². The molecule has 0 aromatic heterocycles. The van der Waals surface area contributed by atoms with Gasteiger partial charge in [0, 0.05) is 17.7 Å². The zero-order valence-electron chi connectivity index (χ0n) is 19.0. The quantitative estimate of drug-likeness (QED) is 0.579. The van der Waals surface area contributed by atoms with Crippen LogP contribution in [0.1, 0.15) is 22.3 Å². The van der Waals surface area contributed by atoms with E-state index in [0.717, 1.165) is 33.6 Å². The van der Waals surface area contributed by atoms with Crippen LogP contribution in [-0.2, 0) is 16.0 Å². The highest BCUT2D eigenvalue weighted by molar-refractivity contribution is 8.14. The normalized spacial score (nSPS) is 16.5. The number of hydrogen-bond acceptors (Lipinski definition) is 5. The van der Waals surface area contributed by atoms with Gasteiger partial charge in [-0.25, -0.2) is 4.99 Å². The molecule has 2 amide bonds. The van der Waals surface area contributed by atoms with Crippen molar-refractivity contribution in [3.05, 3.63) is 95.1 Å². The zero-order valence-corrected chi connectivity index (χ0v) is 19.8. The van der Waals surface area contributed by atoms with Crippen molar-refractivity contribution in [1.29, 1.82) is 0 Å². The number of nitrogens with one attached hydrogen (secondary N) is 1. The average Bonchev–Trinajstić information content (AvgIpc) is 3.16. The minimum Gasteiger partial charge on any atom is -0.325 e. The summed E-state index contributed by atoms with van der Waals surface area (Å²) in [5.41, 5.74) is 5.60. The fourth-order valence-corrected chi connectivity index (χ4v) is 5.06. The highest BCUT2D eigenvalue weighted by Crippen LogP contribution is 2.35. The van der Waals surface area contributed by atoms with Gasteiger partial charge in [0.05, 0.1) is 11.4 Å². The summed E-state index contributed by atoms with van der Waals surface area (Å²) in [7, 11) is 0. The summed E-state index contributed by atoms with van der Waals surface area (Å²) >= 11 is 1.32. The van der Waals surface area contributed by atoms with Crippen LogP contribution in [0.4, 0.5) is 11.4 Å². The van der Waals surface area contributed by atoms with Crippen LogP contribution in [0.25, 0.3) is 0 Å². The number of nitrogens with zero attached hydrogens (tertiary/aromatic N) is 3. The molecule has 0 aliphatic carbocycles. The number of thioether (sulfide) groups is 1. The van der Waals surface area contributed by atoms with Crippen LogP contribution in [0.3, 0.4) is 0 Å². The van der Waals surface area contributed by atoms with Gasteiger partial charge in [-0.2, -0.15) is 4.99 Å². The lowest BCUT2D eigenvalue weighted by molar-refractivity contribution is -0.119. The van der Waals surface area contributed by atoms with Crippen LogP contribution in [0.5, 0.6) is 0 Å². The third-order valence-electron chi connectivity index (χ3n) is 5.87. The molecule has 0 saturated carbocycles. The first-order valence-electron chi connectivity index (χ1n) is 11.1. The topological polar surface area (TPSA) is 74.1 Å². The molecule has 2 aliphatic rings. The van der Waals surface area contributed by atoms with Crippen molar-refractivity contribution in [2.24, 2.45) is 9.98 Å². The maximum Gasteiger partial charge on any atom is 0.271 e. The van der Waals surface area contributed by atoms with Gasteiger partial charge < -0.3 is 5.32 Å². The summed E-state index contributed by atoms with van der Waals surface area (Å²) in [5.74, 6) is 0.462. The fourth-order valence-electron chi connectivity index (χ4n) is 4.21. The first kappa shape index (κ1) is 22.1. The lowest BCUT2D eigenvalue weighted by Gasteiger charge is -2.31. The number of aryl methyl sites for hydroxylation is 2. The van der Waals surface area contributed by atoms with Crippen LogP contribution in [-0.4, -0.2) is 39.5 Å². The first-order valence-corrected chi connectivity index (χ1v) is 12.1. The molecule has 0 spiro atoms. The number of hydrogen-bond donors (Lipinski definition) is 1. The number of para-hydroxylation sites is 1. The van der Waals surface area contributed by atoms with Gasteiger partial charge in [0.1, 0.15) is 11.9 Å². The molecule has 2 aliphatic heterocycles. The molecular weight excluding hydrogens is 444 g/mol. The number of anilines is 1. The Bertz CT molecular complexity index is 1330. The third kappa shape index (κ3) is 4.39. The molecular formula is C27H24N4O2S. The highest BCUT2D eigenvalue weighted by Gasteiger charge is 2.41. The van der Waals surface area contributed by atoms with Crippen molar-refractivity contribution in [2.75, 3.05) is 11.1 Å². The zero-order chi connectivity index (χ0) is 23.7. The first-order chi connectivity index (χ1) is 16.5. The molecule has 0 radical (unpaired) electrons. The van der Waals surface area contributed by atoms with Gasteiger partial charge in [-0.05, 0) is 43.2 Å². The molecule has 1 unspecified atom stereocenters. The maximum atomic E-state index is 13.0. The van der Waals surface area contributed by atoms with Crippen LogP contribution < -0.4 is 5.32 Å². The monoisotopic (exact) mass is 468 g/mol. The van der Waals surface area contributed by atoms with E-state index in [1.54, 1.807) is 0 Å². The Balaban J connectivity index is 1.39. The van der Waals surface area contributed by atoms with Gasteiger partial charge >= 0.3 is 0 Å². The number of amidine groups is 2. The van der Waals surface area contributed by atoms with Gasteiger partial charge in [0.25, 0.3) is 5.91 Å². The Morgan fingerprint density at radius 2 is 1.76 bits per heavy atom. The summed E-state index contributed by atoms with van der Waals surface area (Å²) in [6.07, 6.45) is 0.517. The molecule has 1 N–H and O–H groups in total. The molecule has 3 aromatic carbocycles. The Morgan fingerprint density at radius 1 is 1.00 bits per heavy atom. The van der Waals surface area contributed by atoms with Gasteiger partial charge in [-0.1, -0.05) is 71.9 Å². The summed E-state index contributed by atoms with van der Waals surface area (Å²) in [6, 6.07) is 23.0. The second kappa shape index (κ2) is 9.27. The number of fused-ring (bicyclic) bond motifs is 3. The van der Waals surface area contributed by atoms with E-state index < -0.39 is 6.04 Å². The number of rotatable bonds is 5. The predicted octanol–water partition coefficient (Wildman–Crippen LogP) is 4.88. The molecule has 170 valence electrons. The highest BCUT2D eigenvalue weighted by atomic mass is 32.2. The molecule has 3 aromatic rings. The minimum absolute atomic E-state index is 0.123. The number of amides is 2. The maximum absolute atomic E-state index is 13.0. The number of carbonyl (C=O) groups excluding carboxylic acids is 2. The van der Waals surface area contributed by atoms with E-state index in [1.165, 1.54) is 11.8 Å². The van der Waals surface area contributed by atoms with Crippen LogP contribution >= 0.6 is 11.8 Å². The van der Waals surface area contributed by atoms with Gasteiger partial charge in [0.2, 0.25) is 5.91 Å². The van der Waals surface area contributed by atoms with Gasteiger partial charge in [-0.3, -0.25) is 14.5 Å². The largest absolute Gasteiger partial charge is 0.325 e. The minimum atomic E-state index is -0.487. The third-order valence-corrected chi connectivity index (χ3v) is 6.82. The van der Waals surface area contributed by atoms with E-state index >= 15 is 0 Å². The summed E-state index contributed by atoms with van der Waals surface area (Å²) < 4.78 is 0. The molecule has 5 rings (SSSR count). The molecule has 6 nitrogen and oxygen atoms in total. The number of carbonyl (C=O) groups is 2. The van der Waals surface area contributed by atoms with Crippen molar-refractivity contribution < 1.29 is 9.59 Å². The summed E-state index contributed by atoms with van der Waals surface area (Å²) in [5, 5.41) is 3.60. The van der Waals surface area contributed by atoms with Crippen molar-refractivity contribution >= 4 is 46.0 Å². The van der Waals surface area contributed by atoms with E-state index in [9.17, 15) is 9.59 Å². The standard InChI is InChI=1S/C27H24N4O2S/c1-17-12-13-21(18(2)14-17)28-24(32)16-34-27-29-22-11-7-6-10-20(22)25-30-26(33)23(31(25)27)15-19-8-4-3-5-9-19/h3-14,23H,15-16H2,1-2H3,(H,28,32). The molecule has 0 saturated heterocycles. The average molecular weight is 469 g/mol. The summed E-state index contributed by atoms with van der Waals surface area (Å²) in [6.45, 7) is 4.00. The van der Waals surface area contributed by atoms with Gasteiger partial charge in [-0.15, -0.1) is 0 Å². The van der Waals surface area contributed by atoms with Crippen LogP contribution in [0, 0.1) is 13.8 Å². The summed E-state index contributed by atoms with van der Waals surface area (Å²) in [4.78, 5) is 36.9. The lowest BCUT2D eigenvalue weighted by atomic mass is 10.0. The number of benzene rings is 3. The van der Waals surface area contributed by atoms with Crippen molar-refractivity contribution in [3.8, 4) is 0 Å². The van der Waals surface area contributed by atoms with E-state index in [0.29, 0.717) is 17.4 Å². The van der Waals surface area contributed by atoms with E-state index in [1.807, 2.05) is 91.5 Å². The molecule has 2 heterocycles.